The Hall–Kier alpha value is -2.46. The van der Waals surface area contributed by atoms with Crippen LogP contribution in [0.15, 0.2) is 48.8 Å². The highest BCUT2D eigenvalue weighted by atomic mass is 35.5. The maximum Gasteiger partial charge on any atom is 0.159 e. The first-order valence-corrected chi connectivity index (χ1v) is 10.4. The topological polar surface area (TPSA) is 54.5 Å². The van der Waals surface area contributed by atoms with Crippen molar-refractivity contribution < 1.29 is 0 Å². The smallest absolute Gasteiger partial charge is 0.159 e. The van der Waals surface area contributed by atoms with Gasteiger partial charge in [0, 0.05) is 28.7 Å². The van der Waals surface area contributed by atoms with Crippen LogP contribution in [-0.2, 0) is 0 Å². The SMILES string of the molecule is CC(c1nc2ccc(Cl)cc2[nH]1)[C@H]1CC[C@H](c2ccnc3ncccc32)CC1. The Bertz CT molecular complexity index is 1120. The minimum Gasteiger partial charge on any atom is -0.342 e. The summed E-state index contributed by atoms with van der Waals surface area (Å²) < 4.78 is 0. The molecule has 0 aliphatic heterocycles. The lowest BCUT2D eigenvalue weighted by molar-refractivity contribution is 0.286. The van der Waals surface area contributed by atoms with Gasteiger partial charge in [0.15, 0.2) is 5.65 Å². The Morgan fingerprint density at radius 1 is 1.04 bits per heavy atom. The molecule has 0 bridgehead atoms. The van der Waals surface area contributed by atoms with Crippen LogP contribution in [-0.4, -0.2) is 19.9 Å². The molecule has 0 saturated heterocycles. The summed E-state index contributed by atoms with van der Waals surface area (Å²) >= 11 is 6.12. The van der Waals surface area contributed by atoms with E-state index in [0.29, 0.717) is 17.8 Å². The Kier molecular flexibility index (Phi) is 4.52. The van der Waals surface area contributed by atoms with E-state index in [1.54, 1.807) is 0 Å². The fraction of sp³-hybridized carbons (Fsp3) is 0.348. The number of aromatic nitrogens is 4. The van der Waals surface area contributed by atoms with E-state index in [2.05, 4.69) is 34.0 Å². The lowest BCUT2D eigenvalue weighted by Gasteiger charge is -2.32. The van der Waals surface area contributed by atoms with E-state index in [9.17, 15) is 0 Å². The fourth-order valence-corrected chi connectivity index (χ4v) is 4.90. The van der Waals surface area contributed by atoms with Crippen LogP contribution in [0.4, 0.5) is 0 Å². The van der Waals surface area contributed by atoms with Crippen LogP contribution in [0.1, 0.15) is 55.8 Å². The van der Waals surface area contributed by atoms with E-state index < -0.39 is 0 Å². The fourth-order valence-electron chi connectivity index (χ4n) is 4.73. The third-order valence-electron chi connectivity index (χ3n) is 6.36. The largest absolute Gasteiger partial charge is 0.342 e. The van der Waals surface area contributed by atoms with E-state index in [1.165, 1.54) is 36.6 Å². The summed E-state index contributed by atoms with van der Waals surface area (Å²) in [6.07, 6.45) is 8.56. The molecular weight excluding hydrogens is 368 g/mol. The first-order chi connectivity index (χ1) is 13.7. The second-order valence-corrected chi connectivity index (χ2v) is 8.40. The van der Waals surface area contributed by atoms with Crippen LogP contribution in [0.5, 0.6) is 0 Å². The van der Waals surface area contributed by atoms with Crippen molar-refractivity contribution in [3.63, 3.8) is 0 Å². The van der Waals surface area contributed by atoms with Crippen LogP contribution in [0.2, 0.25) is 5.02 Å². The van der Waals surface area contributed by atoms with Gasteiger partial charge in [-0.25, -0.2) is 15.0 Å². The van der Waals surface area contributed by atoms with Gasteiger partial charge in [-0.05, 0) is 79.5 Å². The second kappa shape index (κ2) is 7.17. The molecule has 1 atom stereocenters. The summed E-state index contributed by atoms with van der Waals surface area (Å²) in [6.45, 7) is 2.30. The van der Waals surface area contributed by atoms with Crippen molar-refractivity contribution >= 4 is 33.7 Å². The summed E-state index contributed by atoms with van der Waals surface area (Å²) in [5.74, 6) is 2.74. The molecule has 142 valence electrons. The van der Waals surface area contributed by atoms with E-state index in [1.807, 2.05) is 36.7 Å². The van der Waals surface area contributed by atoms with E-state index >= 15 is 0 Å². The van der Waals surface area contributed by atoms with Gasteiger partial charge in [0.1, 0.15) is 5.82 Å². The van der Waals surface area contributed by atoms with Gasteiger partial charge in [-0.1, -0.05) is 18.5 Å². The number of hydrogen-bond acceptors (Lipinski definition) is 3. The number of H-pyrrole nitrogens is 1. The van der Waals surface area contributed by atoms with Crippen LogP contribution < -0.4 is 0 Å². The molecule has 1 aromatic carbocycles. The molecule has 3 aromatic heterocycles. The summed E-state index contributed by atoms with van der Waals surface area (Å²) in [6, 6.07) is 12.2. The normalized spacial score (nSPS) is 21.2. The number of benzene rings is 1. The molecule has 5 heteroatoms. The maximum atomic E-state index is 6.12. The van der Waals surface area contributed by atoms with Gasteiger partial charge in [0.2, 0.25) is 0 Å². The van der Waals surface area contributed by atoms with Crippen molar-refractivity contribution in [2.24, 2.45) is 5.92 Å². The number of halogens is 1. The molecule has 1 aliphatic rings. The third kappa shape index (κ3) is 3.16. The maximum absolute atomic E-state index is 6.12. The van der Waals surface area contributed by atoms with Gasteiger partial charge in [-0.3, -0.25) is 0 Å². The van der Waals surface area contributed by atoms with Gasteiger partial charge in [-0.15, -0.1) is 0 Å². The molecule has 0 radical (unpaired) electrons. The number of imidazole rings is 1. The van der Waals surface area contributed by atoms with Crippen LogP contribution in [0.25, 0.3) is 22.1 Å². The Morgan fingerprint density at radius 3 is 2.71 bits per heavy atom. The average Bonchev–Trinajstić information content (AvgIpc) is 3.16. The zero-order chi connectivity index (χ0) is 19.1. The number of rotatable bonds is 3. The highest BCUT2D eigenvalue weighted by Crippen LogP contribution is 2.42. The minimum atomic E-state index is 0.419. The molecule has 28 heavy (non-hydrogen) atoms. The summed E-state index contributed by atoms with van der Waals surface area (Å²) in [5, 5.41) is 1.95. The van der Waals surface area contributed by atoms with Crippen molar-refractivity contribution in [1.82, 2.24) is 19.9 Å². The third-order valence-corrected chi connectivity index (χ3v) is 6.60. The van der Waals surface area contributed by atoms with Crippen LogP contribution >= 0.6 is 11.6 Å². The number of nitrogens with zero attached hydrogens (tertiary/aromatic N) is 3. The van der Waals surface area contributed by atoms with Crippen molar-refractivity contribution in [1.29, 1.82) is 0 Å². The standard InChI is InChI=1S/C23H23ClN4/c1-14(22-27-20-9-8-17(24)13-21(20)28-22)15-4-6-16(7-5-15)18-10-12-26-23-19(18)3-2-11-25-23/h2-3,8-16H,4-7H2,1H3,(H,27,28)/t14?,15-,16-. The molecule has 3 heterocycles. The van der Waals surface area contributed by atoms with Crippen molar-refractivity contribution in [3.05, 3.63) is 65.2 Å². The zero-order valence-corrected chi connectivity index (χ0v) is 16.7. The molecule has 0 amide bonds. The summed E-state index contributed by atoms with van der Waals surface area (Å²) in [4.78, 5) is 17.1. The first kappa shape index (κ1) is 17.6. The van der Waals surface area contributed by atoms with Crippen molar-refractivity contribution in [3.8, 4) is 0 Å². The van der Waals surface area contributed by atoms with Gasteiger partial charge in [0.25, 0.3) is 0 Å². The van der Waals surface area contributed by atoms with Crippen LogP contribution in [0, 0.1) is 5.92 Å². The zero-order valence-electron chi connectivity index (χ0n) is 15.9. The highest BCUT2D eigenvalue weighted by Gasteiger charge is 2.29. The monoisotopic (exact) mass is 390 g/mol. The van der Waals surface area contributed by atoms with Gasteiger partial charge in [0.05, 0.1) is 11.0 Å². The Balaban J connectivity index is 1.33. The number of nitrogens with one attached hydrogen (secondary N) is 1. The van der Waals surface area contributed by atoms with E-state index in [4.69, 9.17) is 16.6 Å². The Morgan fingerprint density at radius 2 is 1.86 bits per heavy atom. The Labute approximate surface area is 169 Å². The number of hydrogen-bond donors (Lipinski definition) is 1. The lowest BCUT2D eigenvalue weighted by atomic mass is 9.73. The van der Waals surface area contributed by atoms with Gasteiger partial charge < -0.3 is 4.98 Å². The molecule has 1 saturated carbocycles. The predicted molar refractivity (Wildman–Crippen MR) is 114 cm³/mol. The molecule has 1 aliphatic carbocycles. The molecular formula is C23H23ClN4. The van der Waals surface area contributed by atoms with E-state index in [-0.39, 0.29) is 0 Å². The van der Waals surface area contributed by atoms with E-state index in [0.717, 1.165) is 27.5 Å². The van der Waals surface area contributed by atoms with Crippen molar-refractivity contribution in [2.45, 2.75) is 44.4 Å². The number of aromatic amines is 1. The molecule has 1 N–H and O–H groups in total. The number of pyridine rings is 2. The molecule has 4 aromatic rings. The molecule has 4 nitrogen and oxygen atoms in total. The second-order valence-electron chi connectivity index (χ2n) is 7.96. The molecule has 1 fully saturated rings. The molecule has 1 unspecified atom stereocenters. The van der Waals surface area contributed by atoms with Gasteiger partial charge in [-0.2, -0.15) is 0 Å². The average molecular weight is 391 g/mol. The minimum absolute atomic E-state index is 0.419. The highest BCUT2D eigenvalue weighted by molar-refractivity contribution is 6.31. The van der Waals surface area contributed by atoms with Gasteiger partial charge >= 0.3 is 0 Å². The lowest BCUT2D eigenvalue weighted by Crippen LogP contribution is -2.19. The molecule has 0 spiro atoms. The molecule has 5 rings (SSSR count). The quantitative estimate of drug-likeness (QED) is 0.450. The predicted octanol–water partition coefficient (Wildman–Crippen LogP) is 6.24. The summed E-state index contributed by atoms with van der Waals surface area (Å²) in [5.41, 5.74) is 4.29. The van der Waals surface area contributed by atoms with Crippen molar-refractivity contribution in [2.75, 3.05) is 0 Å². The van der Waals surface area contributed by atoms with Crippen LogP contribution in [0.3, 0.4) is 0 Å². The number of fused-ring (bicyclic) bond motifs is 2. The summed E-state index contributed by atoms with van der Waals surface area (Å²) in [7, 11) is 0. The first-order valence-electron chi connectivity index (χ1n) is 10.0.